The molecule has 0 rings (SSSR count). The molecule has 0 fully saturated rings. The van der Waals surface area contributed by atoms with Crippen molar-refractivity contribution in [2.75, 3.05) is 6.61 Å². The average Bonchev–Trinajstić information content (AvgIpc) is 2.40. The highest BCUT2D eigenvalue weighted by Gasteiger charge is 2.09. The Bertz CT molecular complexity index is 218. The summed E-state index contributed by atoms with van der Waals surface area (Å²) in [5, 5.41) is 0. The molecule has 1 nitrogen and oxygen atoms in total. The molecule has 0 aromatic carbocycles. The Balaban J connectivity index is 3.08. The Hall–Kier alpha value is -0.0400. The molecule has 0 aromatic heterocycles. The molecular weight excluding hydrogens is 280 g/mol. The van der Waals surface area contributed by atoms with Crippen LogP contribution in [-0.4, -0.2) is 12.2 Å². The van der Waals surface area contributed by atoms with Crippen molar-refractivity contribution in [2.45, 2.75) is 131 Å². The molecular formula is C22H46O. The first kappa shape index (κ1) is 23.0. The molecule has 0 aliphatic carbocycles. The van der Waals surface area contributed by atoms with Crippen LogP contribution in [0, 0.1) is 5.41 Å². The van der Waals surface area contributed by atoms with E-state index in [-0.39, 0.29) is 5.60 Å². The molecule has 0 bridgehead atoms. The van der Waals surface area contributed by atoms with Gasteiger partial charge in [0.05, 0.1) is 5.60 Å². The second-order valence-electron chi connectivity index (χ2n) is 9.51. The molecule has 0 saturated carbocycles. The monoisotopic (exact) mass is 326 g/mol. The van der Waals surface area contributed by atoms with Crippen LogP contribution < -0.4 is 0 Å². The Morgan fingerprint density at radius 1 is 0.478 bits per heavy atom. The fraction of sp³-hybridized carbons (Fsp3) is 1.00. The fourth-order valence-electron chi connectivity index (χ4n) is 2.90. The minimum absolute atomic E-state index is 0.0345. The van der Waals surface area contributed by atoms with Crippen molar-refractivity contribution >= 4 is 0 Å². The van der Waals surface area contributed by atoms with E-state index in [0.717, 1.165) is 6.61 Å². The van der Waals surface area contributed by atoms with Gasteiger partial charge < -0.3 is 4.74 Å². The van der Waals surface area contributed by atoms with Gasteiger partial charge in [0.25, 0.3) is 0 Å². The van der Waals surface area contributed by atoms with Gasteiger partial charge in [-0.15, -0.1) is 0 Å². The standard InChI is InChI=1S/C22H46O/c1-21(2,3)19-17-15-13-11-9-7-8-10-12-14-16-18-20-23-22(4,5)6/h7-20H2,1-6H3. The third kappa shape index (κ3) is 22.0. The van der Waals surface area contributed by atoms with Crippen LogP contribution in [0.5, 0.6) is 0 Å². The Morgan fingerprint density at radius 3 is 1.17 bits per heavy atom. The molecule has 1 heteroatoms. The first-order valence-electron chi connectivity index (χ1n) is 10.3. The van der Waals surface area contributed by atoms with E-state index in [0.29, 0.717) is 5.41 Å². The lowest BCUT2D eigenvalue weighted by Crippen LogP contribution is -2.19. The van der Waals surface area contributed by atoms with Gasteiger partial charge in [-0.3, -0.25) is 0 Å². The van der Waals surface area contributed by atoms with Gasteiger partial charge in [0, 0.05) is 6.61 Å². The second-order valence-corrected chi connectivity index (χ2v) is 9.51. The van der Waals surface area contributed by atoms with Crippen LogP contribution in [0.1, 0.15) is 125 Å². The Morgan fingerprint density at radius 2 is 0.826 bits per heavy atom. The van der Waals surface area contributed by atoms with Gasteiger partial charge >= 0.3 is 0 Å². The fourth-order valence-corrected chi connectivity index (χ4v) is 2.90. The Kier molecular flexibility index (Phi) is 13.3. The minimum atomic E-state index is 0.0345. The number of unbranched alkanes of at least 4 members (excludes halogenated alkanes) is 11. The molecule has 0 amide bonds. The van der Waals surface area contributed by atoms with Gasteiger partial charge in [0.15, 0.2) is 0 Å². The molecule has 0 aromatic rings. The zero-order valence-corrected chi connectivity index (χ0v) is 17.3. The van der Waals surface area contributed by atoms with Crippen LogP contribution >= 0.6 is 0 Å². The van der Waals surface area contributed by atoms with Gasteiger partial charge in [-0.25, -0.2) is 0 Å². The van der Waals surface area contributed by atoms with Gasteiger partial charge in [0.2, 0.25) is 0 Å². The molecule has 140 valence electrons. The SMILES string of the molecule is CC(C)(C)CCCCCCCCCCCCCCOC(C)(C)C. The van der Waals surface area contributed by atoms with Crippen molar-refractivity contribution in [2.24, 2.45) is 5.41 Å². The number of ether oxygens (including phenoxy) is 1. The summed E-state index contributed by atoms with van der Waals surface area (Å²) in [5.74, 6) is 0. The van der Waals surface area contributed by atoms with E-state index in [1.54, 1.807) is 0 Å². The highest BCUT2D eigenvalue weighted by atomic mass is 16.5. The maximum Gasteiger partial charge on any atom is 0.0598 e. The van der Waals surface area contributed by atoms with E-state index in [1.165, 1.54) is 83.5 Å². The average molecular weight is 327 g/mol. The van der Waals surface area contributed by atoms with Crippen LogP contribution in [0.2, 0.25) is 0 Å². The summed E-state index contributed by atoms with van der Waals surface area (Å²) in [7, 11) is 0. The highest BCUT2D eigenvalue weighted by molar-refractivity contribution is 4.61. The van der Waals surface area contributed by atoms with E-state index in [4.69, 9.17) is 4.74 Å². The van der Waals surface area contributed by atoms with Gasteiger partial charge in [-0.05, 0) is 39.0 Å². The predicted octanol–water partition coefficient (Wildman–Crippen LogP) is 7.92. The van der Waals surface area contributed by atoms with Gasteiger partial charge in [-0.2, -0.15) is 0 Å². The molecule has 23 heavy (non-hydrogen) atoms. The van der Waals surface area contributed by atoms with Crippen molar-refractivity contribution < 1.29 is 4.74 Å². The molecule has 0 unspecified atom stereocenters. The number of hydrogen-bond donors (Lipinski definition) is 0. The summed E-state index contributed by atoms with van der Waals surface area (Å²) in [5.41, 5.74) is 0.561. The highest BCUT2D eigenvalue weighted by Crippen LogP contribution is 2.22. The smallest absolute Gasteiger partial charge is 0.0598 e. The van der Waals surface area contributed by atoms with Gasteiger partial charge in [-0.1, -0.05) is 91.4 Å². The van der Waals surface area contributed by atoms with E-state index < -0.39 is 0 Å². The summed E-state index contributed by atoms with van der Waals surface area (Å²) in [6.45, 7) is 14.4. The van der Waals surface area contributed by atoms with Crippen molar-refractivity contribution in [1.29, 1.82) is 0 Å². The summed E-state index contributed by atoms with van der Waals surface area (Å²) in [4.78, 5) is 0. The number of hydrogen-bond acceptors (Lipinski definition) is 1. The lowest BCUT2D eigenvalue weighted by Gasteiger charge is -2.19. The minimum Gasteiger partial charge on any atom is -0.376 e. The first-order chi connectivity index (χ1) is 10.7. The summed E-state index contributed by atoms with van der Waals surface area (Å²) >= 11 is 0. The maximum atomic E-state index is 5.75. The van der Waals surface area contributed by atoms with Crippen LogP contribution in [0.15, 0.2) is 0 Å². The van der Waals surface area contributed by atoms with E-state index in [2.05, 4.69) is 41.5 Å². The quantitative estimate of drug-likeness (QED) is 0.294. The zero-order chi connectivity index (χ0) is 17.6. The molecule has 0 aliphatic rings. The van der Waals surface area contributed by atoms with Crippen LogP contribution in [-0.2, 0) is 4.74 Å². The predicted molar refractivity (Wildman–Crippen MR) is 105 cm³/mol. The molecule has 0 heterocycles. The topological polar surface area (TPSA) is 9.23 Å². The van der Waals surface area contributed by atoms with Crippen molar-refractivity contribution in [3.05, 3.63) is 0 Å². The number of rotatable bonds is 14. The molecule has 0 N–H and O–H groups in total. The summed E-state index contributed by atoms with van der Waals surface area (Å²) < 4.78 is 5.75. The van der Waals surface area contributed by atoms with Crippen molar-refractivity contribution in [1.82, 2.24) is 0 Å². The van der Waals surface area contributed by atoms with E-state index in [9.17, 15) is 0 Å². The Labute approximate surface area is 148 Å². The molecule has 0 radical (unpaired) electrons. The molecule has 0 saturated heterocycles. The van der Waals surface area contributed by atoms with Crippen molar-refractivity contribution in [3.8, 4) is 0 Å². The zero-order valence-electron chi connectivity index (χ0n) is 17.3. The molecule has 0 atom stereocenters. The first-order valence-corrected chi connectivity index (χ1v) is 10.3. The third-order valence-corrected chi connectivity index (χ3v) is 4.36. The van der Waals surface area contributed by atoms with Crippen molar-refractivity contribution in [3.63, 3.8) is 0 Å². The van der Waals surface area contributed by atoms with Crippen LogP contribution in [0.25, 0.3) is 0 Å². The maximum absolute atomic E-state index is 5.75. The largest absolute Gasteiger partial charge is 0.376 e. The van der Waals surface area contributed by atoms with Crippen LogP contribution in [0.3, 0.4) is 0 Å². The second kappa shape index (κ2) is 13.3. The van der Waals surface area contributed by atoms with E-state index in [1.807, 2.05) is 0 Å². The molecule has 0 aliphatic heterocycles. The lowest BCUT2D eigenvalue weighted by atomic mass is 9.89. The van der Waals surface area contributed by atoms with E-state index >= 15 is 0 Å². The summed E-state index contributed by atoms with van der Waals surface area (Å²) in [6, 6.07) is 0. The molecule has 0 spiro atoms. The third-order valence-electron chi connectivity index (χ3n) is 4.36. The lowest BCUT2D eigenvalue weighted by molar-refractivity contribution is -0.00475. The normalized spacial score (nSPS) is 12.8. The summed E-state index contributed by atoms with van der Waals surface area (Å²) in [6.07, 6.45) is 18.3. The van der Waals surface area contributed by atoms with Gasteiger partial charge in [0.1, 0.15) is 0 Å². The van der Waals surface area contributed by atoms with Crippen LogP contribution in [0.4, 0.5) is 0 Å².